The Hall–Kier alpha value is -2.45. The first kappa shape index (κ1) is 16.4. The molecule has 0 bridgehead atoms. The number of β-amino-alcohol motifs (C(OH)–C–C–N with tert-alkyl or cyclic N) is 1. The predicted molar refractivity (Wildman–Crippen MR) is 88.1 cm³/mol. The fourth-order valence-electron chi connectivity index (χ4n) is 2.84. The molecule has 0 saturated carbocycles. The standard InChI is InChI=1S/C16H20N6O2/c1-3-22-9-11(23)8-13(22)15(24)21-16-19-10(2)18-14(20-16)12-6-4-5-7-17-12/h4-7,11,13,23H,3,8-9H2,1-2H3,(H,18,19,20,21,24). The van der Waals surface area contributed by atoms with Crippen LogP contribution in [0.3, 0.4) is 0 Å². The SMILES string of the molecule is CCN1CC(O)CC1C(=O)Nc1nc(C)nc(-c2ccccn2)n1. The number of likely N-dealkylation sites (tertiary alicyclic amines) is 1. The molecule has 2 aromatic heterocycles. The maximum atomic E-state index is 12.5. The van der Waals surface area contributed by atoms with Crippen molar-refractivity contribution in [2.75, 3.05) is 18.4 Å². The van der Waals surface area contributed by atoms with Gasteiger partial charge < -0.3 is 5.11 Å². The lowest BCUT2D eigenvalue weighted by molar-refractivity contribution is -0.120. The number of amides is 1. The van der Waals surface area contributed by atoms with Crippen LogP contribution in [-0.2, 0) is 4.79 Å². The molecule has 2 aromatic rings. The predicted octanol–water partition coefficient (Wildman–Crippen LogP) is 0.636. The second-order valence-electron chi connectivity index (χ2n) is 5.73. The second-order valence-corrected chi connectivity index (χ2v) is 5.73. The molecule has 8 heteroatoms. The van der Waals surface area contributed by atoms with Gasteiger partial charge in [-0.05, 0) is 32.0 Å². The summed E-state index contributed by atoms with van der Waals surface area (Å²) < 4.78 is 0. The van der Waals surface area contributed by atoms with Crippen LogP contribution in [0.1, 0.15) is 19.2 Å². The summed E-state index contributed by atoms with van der Waals surface area (Å²) in [6, 6.07) is 5.08. The van der Waals surface area contributed by atoms with Crippen molar-refractivity contribution in [3.63, 3.8) is 0 Å². The molecular formula is C16H20N6O2. The largest absolute Gasteiger partial charge is 0.392 e. The normalized spacial score (nSPS) is 21.0. The van der Waals surface area contributed by atoms with Gasteiger partial charge in [0.15, 0.2) is 5.82 Å². The Morgan fingerprint density at radius 2 is 2.21 bits per heavy atom. The van der Waals surface area contributed by atoms with Gasteiger partial charge in [-0.15, -0.1) is 0 Å². The average molecular weight is 328 g/mol. The van der Waals surface area contributed by atoms with Crippen LogP contribution in [0.4, 0.5) is 5.95 Å². The van der Waals surface area contributed by atoms with E-state index in [4.69, 9.17) is 0 Å². The van der Waals surface area contributed by atoms with Gasteiger partial charge in [-0.2, -0.15) is 9.97 Å². The summed E-state index contributed by atoms with van der Waals surface area (Å²) in [5.74, 6) is 0.897. The Bertz CT molecular complexity index is 724. The van der Waals surface area contributed by atoms with Crippen LogP contribution >= 0.6 is 0 Å². The number of aromatic nitrogens is 4. The summed E-state index contributed by atoms with van der Waals surface area (Å²) in [7, 11) is 0. The van der Waals surface area contributed by atoms with E-state index in [1.807, 2.05) is 24.0 Å². The van der Waals surface area contributed by atoms with Crippen LogP contribution in [0.2, 0.25) is 0 Å². The zero-order valence-electron chi connectivity index (χ0n) is 13.7. The molecule has 1 fully saturated rings. The third kappa shape index (κ3) is 3.55. The number of pyridine rings is 1. The lowest BCUT2D eigenvalue weighted by atomic mass is 10.2. The molecule has 1 aliphatic heterocycles. The number of carbonyl (C=O) groups is 1. The van der Waals surface area contributed by atoms with Gasteiger partial charge in [0.1, 0.15) is 11.5 Å². The molecule has 8 nitrogen and oxygen atoms in total. The molecule has 0 spiro atoms. The van der Waals surface area contributed by atoms with E-state index in [1.54, 1.807) is 19.2 Å². The Kier molecular flexibility index (Phi) is 4.77. The highest BCUT2D eigenvalue weighted by molar-refractivity contribution is 5.93. The zero-order chi connectivity index (χ0) is 17.1. The molecule has 3 rings (SSSR count). The molecule has 24 heavy (non-hydrogen) atoms. The van der Waals surface area contributed by atoms with Crippen LogP contribution in [-0.4, -0.2) is 61.1 Å². The van der Waals surface area contributed by atoms with Gasteiger partial charge in [-0.3, -0.25) is 20.0 Å². The molecule has 2 N–H and O–H groups in total. The Morgan fingerprint density at radius 3 is 2.92 bits per heavy atom. The second kappa shape index (κ2) is 6.98. The van der Waals surface area contributed by atoms with E-state index in [0.717, 1.165) is 0 Å². The summed E-state index contributed by atoms with van der Waals surface area (Å²) in [5.41, 5.74) is 0.616. The third-order valence-electron chi connectivity index (χ3n) is 3.97. The van der Waals surface area contributed by atoms with Crippen molar-refractivity contribution in [2.45, 2.75) is 32.4 Å². The van der Waals surface area contributed by atoms with Crippen LogP contribution in [0.5, 0.6) is 0 Å². The minimum atomic E-state index is -0.482. The summed E-state index contributed by atoms with van der Waals surface area (Å²) in [4.78, 5) is 31.4. The van der Waals surface area contributed by atoms with E-state index in [0.29, 0.717) is 36.9 Å². The van der Waals surface area contributed by atoms with Crippen molar-refractivity contribution in [3.8, 4) is 11.5 Å². The molecule has 0 aliphatic carbocycles. The molecular weight excluding hydrogens is 308 g/mol. The van der Waals surface area contributed by atoms with Crippen LogP contribution in [0, 0.1) is 6.92 Å². The average Bonchev–Trinajstić information content (AvgIpc) is 2.96. The molecule has 1 amide bonds. The molecule has 3 heterocycles. The van der Waals surface area contributed by atoms with Gasteiger partial charge in [0.05, 0.1) is 12.1 Å². The number of aliphatic hydroxyl groups excluding tert-OH is 1. The van der Waals surface area contributed by atoms with Crippen LogP contribution in [0.25, 0.3) is 11.5 Å². The molecule has 2 atom stereocenters. The number of nitrogens with one attached hydrogen (secondary N) is 1. The smallest absolute Gasteiger partial charge is 0.244 e. The first-order valence-electron chi connectivity index (χ1n) is 7.94. The maximum Gasteiger partial charge on any atom is 0.244 e. The highest BCUT2D eigenvalue weighted by atomic mass is 16.3. The molecule has 0 aromatic carbocycles. The number of hydrogen-bond acceptors (Lipinski definition) is 7. The Balaban J connectivity index is 1.80. The number of aliphatic hydroxyl groups is 1. The van der Waals surface area contributed by atoms with E-state index in [2.05, 4.69) is 25.3 Å². The minimum Gasteiger partial charge on any atom is -0.392 e. The highest BCUT2D eigenvalue weighted by Crippen LogP contribution is 2.19. The number of carbonyl (C=O) groups excluding carboxylic acids is 1. The summed E-state index contributed by atoms with van der Waals surface area (Å²) >= 11 is 0. The Labute approximate surface area is 140 Å². The number of aryl methyl sites for hydroxylation is 1. The van der Waals surface area contributed by atoms with Crippen molar-refractivity contribution in [2.24, 2.45) is 0 Å². The summed E-state index contributed by atoms with van der Waals surface area (Å²) in [5, 5.41) is 12.5. The van der Waals surface area contributed by atoms with Crippen molar-refractivity contribution < 1.29 is 9.90 Å². The van der Waals surface area contributed by atoms with Crippen molar-refractivity contribution in [1.29, 1.82) is 0 Å². The number of rotatable bonds is 4. The zero-order valence-corrected chi connectivity index (χ0v) is 13.7. The van der Waals surface area contributed by atoms with Crippen molar-refractivity contribution >= 4 is 11.9 Å². The third-order valence-corrected chi connectivity index (χ3v) is 3.97. The number of likely N-dealkylation sites (N-methyl/N-ethyl adjacent to an activating group) is 1. The van der Waals surface area contributed by atoms with E-state index >= 15 is 0 Å². The van der Waals surface area contributed by atoms with Crippen molar-refractivity contribution in [3.05, 3.63) is 30.2 Å². The first-order valence-corrected chi connectivity index (χ1v) is 7.94. The number of anilines is 1. The fraction of sp³-hybridized carbons (Fsp3) is 0.438. The van der Waals surface area contributed by atoms with Gasteiger partial charge >= 0.3 is 0 Å². The molecule has 2 unspecified atom stereocenters. The van der Waals surface area contributed by atoms with E-state index in [-0.39, 0.29) is 17.9 Å². The summed E-state index contributed by atoms with van der Waals surface area (Å²) in [6.07, 6.45) is 1.59. The van der Waals surface area contributed by atoms with E-state index in [9.17, 15) is 9.90 Å². The highest BCUT2D eigenvalue weighted by Gasteiger charge is 2.35. The lowest BCUT2D eigenvalue weighted by Gasteiger charge is -2.20. The maximum absolute atomic E-state index is 12.5. The molecule has 1 saturated heterocycles. The Morgan fingerprint density at radius 1 is 1.38 bits per heavy atom. The van der Waals surface area contributed by atoms with Crippen molar-refractivity contribution in [1.82, 2.24) is 24.8 Å². The van der Waals surface area contributed by atoms with Gasteiger partial charge in [0.2, 0.25) is 11.9 Å². The number of hydrogen-bond donors (Lipinski definition) is 2. The van der Waals surface area contributed by atoms with Gasteiger partial charge in [0, 0.05) is 12.7 Å². The molecule has 0 radical (unpaired) electrons. The lowest BCUT2D eigenvalue weighted by Crippen LogP contribution is -2.39. The van der Waals surface area contributed by atoms with Gasteiger partial charge in [0.25, 0.3) is 0 Å². The monoisotopic (exact) mass is 328 g/mol. The minimum absolute atomic E-state index is 0.200. The van der Waals surface area contributed by atoms with E-state index < -0.39 is 6.10 Å². The summed E-state index contributed by atoms with van der Waals surface area (Å²) in [6.45, 7) is 4.90. The topological polar surface area (TPSA) is 104 Å². The number of nitrogens with zero attached hydrogens (tertiary/aromatic N) is 5. The van der Waals surface area contributed by atoms with E-state index in [1.165, 1.54) is 0 Å². The van der Waals surface area contributed by atoms with Crippen LogP contribution in [0.15, 0.2) is 24.4 Å². The van der Waals surface area contributed by atoms with Gasteiger partial charge in [-0.25, -0.2) is 4.98 Å². The van der Waals surface area contributed by atoms with Gasteiger partial charge in [-0.1, -0.05) is 13.0 Å². The van der Waals surface area contributed by atoms with Crippen LogP contribution < -0.4 is 5.32 Å². The fourth-order valence-corrected chi connectivity index (χ4v) is 2.84. The quantitative estimate of drug-likeness (QED) is 0.848. The molecule has 126 valence electrons. The first-order chi connectivity index (χ1) is 11.6. The molecule has 1 aliphatic rings.